The van der Waals surface area contributed by atoms with Crippen LogP contribution in [0.1, 0.15) is 20.3 Å². The topological polar surface area (TPSA) is 39.1 Å². The second-order valence-electron chi connectivity index (χ2n) is 3.50. The zero-order chi connectivity index (χ0) is 8.97. The largest absolute Gasteiger partial charge is 0.314 e. The molecule has 1 N–H and O–H groups in total. The molecule has 0 aromatic rings. The predicted molar refractivity (Wildman–Crippen MR) is 48.7 cm³/mol. The fourth-order valence-electron chi connectivity index (χ4n) is 1.76. The molecule has 1 saturated heterocycles. The van der Waals surface area contributed by atoms with E-state index in [4.69, 9.17) is 5.26 Å². The zero-order valence-electron chi connectivity index (χ0n) is 7.88. The van der Waals surface area contributed by atoms with E-state index in [0.717, 1.165) is 19.6 Å². The average Bonchev–Trinajstić information content (AvgIpc) is 2.05. The average molecular weight is 167 g/mol. The monoisotopic (exact) mass is 167 g/mol. The van der Waals surface area contributed by atoms with Crippen LogP contribution in [0.15, 0.2) is 0 Å². The molecule has 0 spiro atoms. The standard InChI is InChI=1S/C9H17N3/c1-8(3-4-10)12-6-5-11-7-9(12)2/h8-9,11H,3,5-7H2,1-2H3. The van der Waals surface area contributed by atoms with Gasteiger partial charge in [-0.15, -0.1) is 0 Å². The molecule has 3 heteroatoms. The first-order valence-electron chi connectivity index (χ1n) is 4.59. The van der Waals surface area contributed by atoms with Crippen LogP contribution in [0.25, 0.3) is 0 Å². The first-order chi connectivity index (χ1) is 5.75. The molecule has 68 valence electrons. The summed E-state index contributed by atoms with van der Waals surface area (Å²) in [7, 11) is 0. The molecule has 0 aliphatic carbocycles. The molecule has 2 atom stereocenters. The highest BCUT2D eigenvalue weighted by molar-refractivity contribution is 4.85. The summed E-state index contributed by atoms with van der Waals surface area (Å²) in [4.78, 5) is 2.40. The lowest BCUT2D eigenvalue weighted by atomic mass is 10.1. The summed E-state index contributed by atoms with van der Waals surface area (Å²) >= 11 is 0. The van der Waals surface area contributed by atoms with Crippen LogP contribution in [0.4, 0.5) is 0 Å². The van der Waals surface area contributed by atoms with Crippen LogP contribution in [-0.4, -0.2) is 36.6 Å². The normalized spacial score (nSPS) is 27.9. The quantitative estimate of drug-likeness (QED) is 0.654. The molecule has 0 aromatic heterocycles. The van der Waals surface area contributed by atoms with Crippen molar-refractivity contribution in [1.82, 2.24) is 10.2 Å². The van der Waals surface area contributed by atoms with E-state index < -0.39 is 0 Å². The number of hydrogen-bond acceptors (Lipinski definition) is 3. The van der Waals surface area contributed by atoms with E-state index in [1.54, 1.807) is 0 Å². The van der Waals surface area contributed by atoms with Crippen LogP contribution >= 0.6 is 0 Å². The van der Waals surface area contributed by atoms with Gasteiger partial charge in [-0.3, -0.25) is 4.90 Å². The molecule has 0 bridgehead atoms. The van der Waals surface area contributed by atoms with Crippen LogP contribution in [0.3, 0.4) is 0 Å². The van der Waals surface area contributed by atoms with Crippen molar-refractivity contribution >= 4 is 0 Å². The maximum atomic E-state index is 8.56. The molecule has 1 aliphatic heterocycles. The minimum absolute atomic E-state index is 0.409. The Bertz CT molecular complexity index is 173. The van der Waals surface area contributed by atoms with Crippen molar-refractivity contribution in [3.8, 4) is 6.07 Å². The first-order valence-corrected chi connectivity index (χ1v) is 4.59. The summed E-state index contributed by atoms with van der Waals surface area (Å²) in [5, 5.41) is 11.9. The lowest BCUT2D eigenvalue weighted by molar-refractivity contribution is 0.128. The molecule has 1 heterocycles. The molecule has 0 amide bonds. The van der Waals surface area contributed by atoms with Gasteiger partial charge in [-0.1, -0.05) is 0 Å². The van der Waals surface area contributed by atoms with Gasteiger partial charge in [0.2, 0.25) is 0 Å². The summed E-state index contributed by atoms with van der Waals surface area (Å²) in [6.07, 6.45) is 0.643. The Labute approximate surface area is 74.4 Å². The molecule has 1 fully saturated rings. The Morgan fingerprint density at radius 2 is 2.50 bits per heavy atom. The minimum atomic E-state index is 0.409. The number of hydrogen-bond donors (Lipinski definition) is 1. The van der Waals surface area contributed by atoms with Gasteiger partial charge in [0.1, 0.15) is 0 Å². The molecule has 12 heavy (non-hydrogen) atoms. The molecule has 0 saturated carbocycles. The highest BCUT2D eigenvalue weighted by Crippen LogP contribution is 2.09. The van der Waals surface area contributed by atoms with Crippen molar-refractivity contribution in [2.75, 3.05) is 19.6 Å². The molecule has 3 nitrogen and oxygen atoms in total. The van der Waals surface area contributed by atoms with Gasteiger partial charge in [0.15, 0.2) is 0 Å². The van der Waals surface area contributed by atoms with E-state index >= 15 is 0 Å². The minimum Gasteiger partial charge on any atom is -0.314 e. The van der Waals surface area contributed by atoms with Gasteiger partial charge in [-0.25, -0.2) is 0 Å². The molecular weight excluding hydrogens is 150 g/mol. The maximum absolute atomic E-state index is 8.56. The Balaban J connectivity index is 2.43. The number of piperazine rings is 1. The predicted octanol–water partition coefficient (Wildman–Crippen LogP) is 0.582. The molecule has 2 unspecified atom stereocenters. The summed E-state index contributed by atoms with van der Waals surface area (Å²) < 4.78 is 0. The van der Waals surface area contributed by atoms with Crippen molar-refractivity contribution in [1.29, 1.82) is 5.26 Å². The van der Waals surface area contributed by atoms with Crippen LogP contribution in [0, 0.1) is 11.3 Å². The van der Waals surface area contributed by atoms with Gasteiger partial charge < -0.3 is 5.32 Å². The highest BCUT2D eigenvalue weighted by atomic mass is 15.2. The van der Waals surface area contributed by atoms with Crippen LogP contribution in [0.5, 0.6) is 0 Å². The van der Waals surface area contributed by atoms with Crippen molar-refractivity contribution in [2.24, 2.45) is 0 Å². The van der Waals surface area contributed by atoms with E-state index in [-0.39, 0.29) is 0 Å². The van der Waals surface area contributed by atoms with E-state index in [9.17, 15) is 0 Å². The number of rotatable bonds is 2. The number of nitrogens with zero attached hydrogens (tertiary/aromatic N) is 2. The molecule has 0 aromatic carbocycles. The van der Waals surface area contributed by atoms with Gasteiger partial charge in [0.25, 0.3) is 0 Å². The molecule has 1 rings (SSSR count). The van der Waals surface area contributed by atoms with Crippen LogP contribution < -0.4 is 5.32 Å². The van der Waals surface area contributed by atoms with E-state index in [1.165, 1.54) is 0 Å². The van der Waals surface area contributed by atoms with Crippen molar-refractivity contribution < 1.29 is 0 Å². The highest BCUT2D eigenvalue weighted by Gasteiger charge is 2.22. The summed E-state index contributed by atoms with van der Waals surface area (Å²) in [5.41, 5.74) is 0. The molecule has 1 aliphatic rings. The van der Waals surface area contributed by atoms with E-state index in [2.05, 4.69) is 30.1 Å². The third-order valence-corrected chi connectivity index (χ3v) is 2.51. The fraction of sp³-hybridized carbons (Fsp3) is 0.889. The third kappa shape index (κ3) is 2.20. The Morgan fingerprint density at radius 3 is 3.08 bits per heavy atom. The van der Waals surface area contributed by atoms with Gasteiger partial charge >= 0.3 is 0 Å². The molecule has 0 radical (unpaired) electrons. The SMILES string of the molecule is CC(CC#N)N1CCNCC1C. The molecular formula is C9H17N3. The second-order valence-corrected chi connectivity index (χ2v) is 3.50. The lowest BCUT2D eigenvalue weighted by Gasteiger charge is -2.37. The summed E-state index contributed by atoms with van der Waals surface area (Å²) in [6, 6.07) is 3.20. The van der Waals surface area contributed by atoms with Gasteiger partial charge in [-0.05, 0) is 13.8 Å². The number of nitrogens with one attached hydrogen (secondary N) is 1. The van der Waals surface area contributed by atoms with Crippen molar-refractivity contribution in [3.05, 3.63) is 0 Å². The summed E-state index contributed by atoms with van der Waals surface area (Å²) in [6.45, 7) is 7.52. The Hall–Kier alpha value is -0.590. The van der Waals surface area contributed by atoms with Gasteiger partial charge in [0.05, 0.1) is 12.5 Å². The fourth-order valence-corrected chi connectivity index (χ4v) is 1.76. The van der Waals surface area contributed by atoms with Crippen LogP contribution in [-0.2, 0) is 0 Å². The van der Waals surface area contributed by atoms with Gasteiger partial charge in [0, 0.05) is 31.7 Å². The third-order valence-electron chi connectivity index (χ3n) is 2.51. The maximum Gasteiger partial charge on any atom is 0.0638 e. The lowest BCUT2D eigenvalue weighted by Crippen LogP contribution is -2.53. The smallest absolute Gasteiger partial charge is 0.0638 e. The second kappa shape index (κ2) is 4.44. The van der Waals surface area contributed by atoms with Crippen molar-refractivity contribution in [3.63, 3.8) is 0 Å². The Morgan fingerprint density at radius 1 is 1.75 bits per heavy atom. The van der Waals surface area contributed by atoms with E-state index in [0.29, 0.717) is 18.5 Å². The number of nitriles is 1. The summed E-state index contributed by atoms with van der Waals surface area (Å²) in [5.74, 6) is 0. The van der Waals surface area contributed by atoms with Gasteiger partial charge in [-0.2, -0.15) is 5.26 Å². The van der Waals surface area contributed by atoms with Crippen molar-refractivity contribution in [2.45, 2.75) is 32.4 Å². The Kier molecular flexibility index (Phi) is 3.51. The van der Waals surface area contributed by atoms with E-state index in [1.807, 2.05) is 0 Å². The first kappa shape index (κ1) is 9.50. The zero-order valence-corrected chi connectivity index (χ0v) is 7.88. The van der Waals surface area contributed by atoms with Crippen LogP contribution in [0.2, 0.25) is 0 Å².